The first kappa shape index (κ1) is 19.4. The van der Waals surface area contributed by atoms with E-state index in [0.717, 1.165) is 25.9 Å². The minimum atomic E-state index is -0.635. The molecule has 8 nitrogen and oxygen atoms in total. The van der Waals surface area contributed by atoms with Crippen LogP contribution in [0.1, 0.15) is 32.6 Å². The first-order chi connectivity index (χ1) is 14.0. The Hall–Kier alpha value is -2.90. The van der Waals surface area contributed by atoms with Crippen LogP contribution in [-0.2, 0) is 14.4 Å². The van der Waals surface area contributed by atoms with Crippen molar-refractivity contribution in [1.82, 2.24) is 15.2 Å². The topological polar surface area (TPSA) is 85.3 Å². The summed E-state index contributed by atoms with van der Waals surface area (Å²) in [7, 11) is 0. The fraction of sp³-hybridized carbons (Fsp3) is 0.524. The third-order valence-corrected chi connectivity index (χ3v) is 5.88. The number of amidine groups is 1. The number of carbonyl (C=O) groups excluding carboxylic acids is 3. The summed E-state index contributed by atoms with van der Waals surface area (Å²) in [4.78, 5) is 46.1. The van der Waals surface area contributed by atoms with Gasteiger partial charge in [0.1, 0.15) is 6.04 Å². The van der Waals surface area contributed by atoms with E-state index in [2.05, 4.69) is 10.4 Å². The zero-order valence-electron chi connectivity index (χ0n) is 16.7. The van der Waals surface area contributed by atoms with Gasteiger partial charge in [-0.05, 0) is 44.7 Å². The van der Waals surface area contributed by atoms with Gasteiger partial charge in [-0.3, -0.25) is 19.8 Å². The number of benzene rings is 1. The number of hydrogen-bond acceptors (Lipinski definition) is 5. The highest BCUT2D eigenvalue weighted by molar-refractivity contribution is 6.39. The zero-order valence-corrected chi connectivity index (χ0v) is 16.7. The first-order valence-electron chi connectivity index (χ1n) is 10.4. The summed E-state index contributed by atoms with van der Waals surface area (Å²) >= 11 is 0. The highest BCUT2D eigenvalue weighted by atomic mass is 16.2. The molecule has 1 aromatic carbocycles. The Morgan fingerprint density at radius 1 is 1.00 bits per heavy atom. The lowest BCUT2D eigenvalue weighted by Gasteiger charge is -2.36. The Kier molecular flexibility index (Phi) is 5.51. The van der Waals surface area contributed by atoms with Crippen molar-refractivity contribution in [2.24, 2.45) is 10.9 Å². The molecule has 3 aliphatic heterocycles. The van der Waals surface area contributed by atoms with E-state index in [1.807, 2.05) is 23.1 Å². The number of nitrogens with zero attached hydrogens (tertiary/aromatic N) is 4. The van der Waals surface area contributed by atoms with Gasteiger partial charge in [-0.15, -0.1) is 0 Å². The monoisotopic (exact) mass is 397 g/mol. The van der Waals surface area contributed by atoms with Crippen LogP contribution in [-0.4, -0.2) is 65.6 Å². The normalized spacial score (nSPS) is 23.1. The van der Waals surface area contributed by atoms with E-state index in [4.69, 9.17) is 0 Å². The minimum Gasteiger partial charge on any atom is -0.342 e. The smallest absolute Gasteiger partial charge is 0.290 e. The van der Waals surface area contributed by atoms with Crippen LogP contribution in [0.2, 0.25) is 0 Å². The summed E-state index contributed by atoms with van der Waals surface area (Å²) in [5, 5.41) is 1.38. The lowest BCUT2D eigenvalue weighted by molar-refractivity contribution is -0.138. The standard InChI is InChI=1S/C21H27N5O3/c1-15-19(27)26(17-7-3-2-4-8-17)23-18(22-15)21(29)25-13-9-16(10-14-25)20(28)24-11-5-6-12-24/h2-4,7-8,15-16H,5-6,9-14H2,1H3,(H,22,23). The summed E-state index contributed by atoms with van der Waals surface area (Å²) in [6, 6.07) is 8.52. The quantitative estimate of drug-likeness (QED) is 0.830. The van der Waals surface area contributed by atoms with Gasteiger partial charge in [0.15, 0.2) is 0 Å². The fourth-order valence-electron chi connectivity index (χ4n) is 4.17. The van der Waals surface area contributed by atoms with Gasteiger partial charge in [0.25, 0.3) is 11.8 Å². The molecular formula is C21H27N5O3. The molecule has 0 saturated carbocycles. The number of hydrogen-bond donors (Lipinski definition) is 1. The number of amides is 3. The van der Waals surface area contributed by atoms with Crippen molar-refractivity contribution < 1.29 is 14.4 Å². The van der Waals surface area contributed by atoms with Crippen LogP contribution in [0, 0.1) is 5.92 Å². The number of likely N-dealkylation sites (tertiary alicyclic amines) is 2. The molecule has 3 amide bonds. The molecule has 3 heterocycles. The molecule has 2 fully saturated rings. The van der Waals surface area contributed by atoms with Crippen molar-refractivity contribution in [1.29, 1.82) is 0 Å². The first-order valence-corrected chi connectivity index (χ1v) is 10.4. The highest BCUT2D eigenvalue weighted by Crippen LogP contribution is 2.23. The Morgan fingerprint density at radius 2 is 1.66 bits per heavy atom. The molecule has 1 N–H and O–H groups in total. The number of carbonyl (C=O) groups is 3. The highest BCUT2D eigenvalue weighted by Gasteiger charge is 2.35. The zero-order chi connectivity index (χ0) is 20.4. The molecule has 0 spiro atoms. The molecule has 4 rings (SSSR count). The van der Waals surface area contributed by atoms with E-state index in [0.29, 0.717) is 31.6 Å². The maximum Gasteiger partial charge on any atom is 0.290 e. The molecule has 1 unspecified atom stereocenters. The van der Waals surface area contributed by atoms with Crippen LogP contribution in [0.4, 0.5) is 5.69 Å². The third-order valence-electron chi connectivity index (χ3n) is 5.88. The lowest BCUT2D eigenvalue weighted by atomic mass is 9.95. The van der Waals surface area contributed by atoms with Crippen LogP contribution in [0.25, 0.3) is 0 Å². The fourth-order valence-corrected chi connectivity index (χ4v) is 4.17. The summed E-state index contributed by atoms with van der Waals surface area (Å²) in [6.45, 7) is 4.46. The summed E-state index contributed by atoms with van der Waals surface area (Å²) < 4.78 is 0. The molecule has 0 aliphatic carbocycles. The van der Waals surface area contributed by atoms with E-state index in [9.17, 15) is 14.4 Å². The van der Waals surface area contributed by atoms with Crippen LogP contribution in [0.15, 0.2) is 35.3 Å². The van der Waals surface area contributed by atoms with Crippen molar-refractivity contribution >= 4 is 29.2 Å². The van der Waals surface area contributed by atoms with E-state index < -0.39 is 6.04 Å². The molecule has 0 radical (unpaired) electrons. The van der Waals surface area contributed by atoms with Gasteiger partial charge in [0.05, 0.1) is 5.69 Å². The van der Waals surface area contributed by atoms with E-state index in [1.165, 1.54) is 5.01 Å². The SMILES string of the molecule is CC1N=C(C(=O)N2CCC(C(=O)N3CCCC3)CC2)NN(c2ccccc2)C1=O. The van der Waals surface area contributed by atoms with Crippen LogP contribution in [0.3, 0.4) is 0 Å². The molecule has 1 atom stereocenters. The molecule has 29 heavy (non-hydrogen) atoms. The van der Waals surface area contributed by atoms with Crippen LogP contribution in [0.5, 0.6) is 0 Å². The van der Waals surface area contributed by atoms with Gasteiger partial charge >= 0.3 is 0 Å². The largest absolute Gasteiger partial charge is 0.342 e. The molecule has 1 aromatic rings. The number of aliphatic imine (C=N–C) groups is 1. The van der Waals surface area contributed by atoms with E-state index in [1.54, 1.807) is 24.0 Å². The maximum atomic E-state index is 13.0. The van der Waals surface area contributed by atoms with Gasteiger partial charge in [0.2, 0.25) is 11.7 Å². The molecule has 0 bridgehead atoms. The van der Waals surface area contributed by atoms with Crippen LogP contribution >= 0.6 is 0 Å². The van der Waals surface area contributed by atoms with Gasteiger partial charge in [-0.25, -0.2) is 10.0 Å². The van der Waals surface area contributed by atoms with Gasteiger partial charge < -0.3 is 9.80 Å². The minimum absolute atomic E-state index is 0.000257. The number of piperidine rings is 1. The summed E-state index contributed by atoms with van der Waals surface area (Å²) in [6.07, 6.45) is 3.52. The molecular weight excluding hydrogens is 370 g/mol. The number of anilines is 1. The second-order valence-corrected chi connectivity index (χ2v) is 7.87. The Morgan fingerprint density at radius 3 is 2.31 bits per heavy atom. The lowest BCUT2D eigenvalue weighted by Crippen LogP contribution is -2.59. The average molecular weight is 397 g/mol. The average Bonchev–Trinajstić information content (AvgIpc) is 3.30. The van der Waals surface area contributed by atoms with Crippen LogP contribution < -0.4 is 10.4 Å². The Labute approximate surface area is 170 Å². The van der Waals surface area contributed by atoms with Crippen molar-refractivity contribution in [2.45, 2.75) is 38.6 Å². The van der Waals surface area contributed by atoms with Crippen molar-refractivity contribution in [3.63, 3.8) is 0 Å². The van der Waals surface area contributed by atoms with E-state index in [-0.39, 0.29) is 29.5 Å². The number of nitrogens with one attached hydrogen (secondary N) is 1. The van der Waals surface area contributed by atoms with Crippen molar-refractivity contribution in [3.8, 4) is 0 Å². The van der Waals surface area contributed by atoms with Gasteiger partial charge in [-0.1, -0.05) is 18.2 Å². The second-order valence-electron chi connectivity index (χ2n) is 7.87. The number of para-hydroxylation sites is 1. The molecule has 3 aliphatic rings. The van der Waals surface area contributed by atoms with Gasteiger partial charge in [-0.2, -0.15) is 0 Å². The number of rotatable bonds is 3. The molecule has 2 saturated heterocycles. The maximum absolute atomic E-state index is 13.0. The molecule has 154 valence electrons. The molecule has 0 aromatic heterocycles. The van der Waals surface area contributed by atoms with Crippen molar-refractivity contribution in [3.05, 3.63) is 30.3 Å². The Balaban J connectivity index is 1.40. The number of hydrazine groups is 1. The molecule has 8 heteroatoms. The van der Waals surface area contributed by atoms with Crippen molar-refractivity contribution in [2.75, 3.05) is 31.2 Å². The van der Waals surface area contributed by atoms with E-state index >= 15 is 0 Å². The van der Waals surface area contributed by atoms with Gasteiger partial charge in [0, 0.05) is 32.1 Å². The summed E-state index contributed by atoms with van der Waals surface area (Å²) in [5.41, 5.74) is 3.56. The third kappa shape index (κ3) is 3.97. The summed E-state index contributed by atoms with van der Waals surface area (Å²) in [5.74, 6) is -0.0257. The second kappa shape index (κ2) is 8.23. The predicted molar refractivity (Wildman–Crippen MR) is 109 cm³/mol. The Bertz CT molecular complexity index is 811. The predicted octanol–water partition coefficient (Wildman–Crippen LogP) is 1.19.